The molecule has 208 valence electrons. The fraction of sp³-hybridized carbons (Fsp3) is 0.731. The number of sulfonamides is 1. The van der Waals surface area contributed by atoms with E-state index in [9.17, 15) is 27.6 Å². The summed E-state index contributed by atoms with van der Waals surface area (Å²) < 4.78 is 32.6. The molecule has 2 radical (unpaired) electrons. The van der Waals surface area contributed by atoms with E-state index >= 15 is 0 Å². The molecule has 0 aromatic carbocycles. The Balaban J connectivity index is 1.33. The lowest BCUT2D eigenvalue weighted by Crippen LogP contribution is -2.58. The van der Waals surface area contributed by atoms with Gasteiger partial charge in [0.25, 0.3) is 5.91 Å². The lowest BCUT2D eigenvalue weighted by molar-refractivity contribution is -0.141. The zero-order valence-electron chi connectivity index (χ0n) is 21.7. The number of nitrogens with one attached hydrogen (secondary N) is 3. The summed E-state index contributed by atoms with van der Waals surface area (Å²) >= 11 is 0. The molecule has 0 unspecified atom stereocenters. The topological polar surface area (TPSA) is 151 Å². The lowest BCUT2D eigenvalue weighted by Gasteiger charge is -2.30. The summed E-state index contributed by atoms with van der Waals surface area (Å²) in [5.41, 5.74) is -1.87. The summed E-state index contributed by atoms with van der Waals surface area (Å²) in [7, 11) is -3.79. The largest absolute Gasteiger partial charge is 0.443 e. The minimum atomic E-state index is -3.79. The number of hydrogen-bond acceptors (Lipinski definition) is 7. The quantitative estimate of drug-likeness (QED) is 0.438. The number of alkyl carbamates (subject to hydrolysis) is 1. The zero-order chi connectivity index (χ0) is 27.1. The normalized spacial score (nSPS) is 33.9. The Labute approximate surface area is 223 Å². The Kier molecular flexibility index (Phi) is 7.21. The van der Waals surface area contributed by atoms with Crippen molar-refractivity contribution in [2.24, 2.45) is 5.92 Å². The molecule has 2 heterocycles. The van der Waals surface area contributed by atoms with Crippen LogP contribution in [0.25, 0.3) is 0 Å². The number of hydrogen-bond donors (Lipinski definition) is 3. The second-order valence-electron chi connectivity index (χ2n) is 11.5. The van der Waals surface area contributed by atoms with E-state index in [1.54, 1.807) is 0 Å². The first-order chi connectivity index (χ1) is 18.0. The molecule has 4 amide bonds. The first kappa shape index (κ1) is 27.0. The van der Waals surface area contributed by atoms with Gasteiger partial charge in [0.1, 0.15) is 23.2 Å². The predicted molar refractivity (Wildman–Crippen MR) is 136 cm³/mol. The maximum Gasteiger partial charge on any atom is 0.408 e. The van der Waals surface area contributed by atoms with Crippen LogP contribution in [0, 0.1) is 12.3 Å². The molecule has 11 nitrogen and oxygen atoms in total. The Morgan fingerprint density at radius 3 is 2.63 bits per heavy atom. The lowest BCUT2D eigenvalue weighted by atomic mass is 10.1. The van der Waals surface area contributed by atoms with E-state index in [-0.39, 0.29) is 25.3 Å². The SMILES string of the molecule is CC1(OC(=O)N[C@H]2CCCCC/C=C\[C@@H]3C[C@@]3(C(=O)NS(=O)(=O)C3CC3)NC(=O)[C@@H]3C[C]CN3C2=O)CC1. The van der Waals surface area contributed by atoms with E-state index in [0.29, 0.717) is 25.7 Å². The molecule has 5 aliphatic rings. The van der Waals surface area contributed by atoms with Crippen LogP contribution in [0.3, 0.4) is 0 Å². The van der Waals surface area contributed by atoms with E-state index in [4.69, 9.17) is 4.74 Å². The van der Waals surface area contributed by atoms with Crippen LogP contribution in [0.5, 0.6) is 0 Å². The van der Waals surface area contributed by atoms with Crippen molar-refractivity contribution < 1.29 is 32.3 Å². The van der Waals surface area contributed by atoms with Crippen molar-refractivity contribution in [1.82, 2.24) is 20.3 Å². The first-order valence-corrected chi connectivity index (χ1v) is 15.1. The van der Waals surface area contributed by atoms with E-state index in [0.717, 1.165) is 32.1 Å². The molecule has 5 rings (SSSR count). The number of fused-ring (bicyclic) bond motifs is 2. The van der Waals surface area contributed by atoms with Crippen molar-refractivity contribution in [3.63, 3.8) is 0 Å². The molecule has 0 spiro atoms. The fourth-order valence-corrected chi connectivity index (χ4v) is 6.52. The van der Waals surface area contributed by atoms with Gasteiger partial charge in [-0.1, -0.05) is 25.0 Å². The predicted octanol–water partition coefficient (Wildman–Crippen LogP) is 1.32. The highest BCUT2D eigenvalue weighted by molar-refractivity contribution is 7.91. The molecule has 38 heavy (non-hydrogen) atoms. The summed E-state index contributed by atoms with van der Waals surface area (Å²) in [6, 6.07) is -1.76. The van der Waals surface area contributed by atoms with Crippen LogP contribution in [0.1, 0.15) is 77.6 Å². The third-order valence-electron chi connectivity index (χ3n) is 8.16. The molecule has 0 aromatic heterocycles. The molecule has 4 atom stereocenters. The van der Waals surface area contributed by atoms with Crippen LogP contribution in [0.15, 0.2) is 12.2 Å². The average Bonchev–Trinajstić information content (AvgIpc) is 3.79. The standard InChI is InChI=1S/C26H36N4O7S/c1-25(13-14-25)37-24(34)27-19-9-6-4-2-3-5-8-17-16-26(17,23(33)29-38(35,36)18-11-12-18)28-21(31)20-10-7-15-30(20)22(19)32/h5,8,17-20H,2-4,6,9-16H2,1H3,(H,27,34)(H,28,31)(H,29,33)/b8-5-/t17-,19+,20+,26-/m1/s1. The van der Waals surface area contributed by atoms with Gasteiger partial charge in [0.15, 0.2) is 0 Å². The molecule has 3 aliphatic carbocycles. The van der Waals surface area contributed by atoms with Gasteiger partial charge in [0, 0.05) is 18.9 Å². The Hall–Kier alpha value is -2.63. The molecular weight excluding hydrogens is 512 g/mol. The van der Waals surface area contributed by atoms with Gasteiger partial charge in [0.05, 0.1) is 5.25 Å². The molecule has 3 saturated carbocycles. The highest BCUT2D eigenvalue weighted by atomic mass is 32.2. The molecule has 0 bridgehead atoms. The van der Waals surface area contributed by atoms with Crippen LogP contribution >= 0.6 is 0 Å². The third-order valence-corrected chi connectivity index (χ3v) is 9.98. The maximum absolute atomic E-state index is 13.6. The van der Waals surface area contributed by atoms with Gasteiger partial charge in [-0.05, 0) is 64.7 Å². The van der Waals surface area contributed by atoms with Gasteiger partial charge in [-0.25, -0.2) is 13.2 Å². The summed E-state index contributed by atoms with van der Waals surface area (Å²) in [5, 5.41) is 4.94. The number of carbonyl (C=O) groups is 4. The summed E-state index contributed by atoms with van der Waals surface area (Å²) in [6.45, 7) is 1.95. The number of carbonyl (C=O) groups excluding carboxylic acids is 4. The van der Waals surface area contributed by atoms with Gasteiger partial charge in [-0.15, -0.1) is 0 Å². The summed E-state index contributed by atoms with van der Waals surface area (Å²) in [6.07, 6.45) is 12.8. The smallest absolute Gasteiger partial charge is 0.408 e. The highest BCUT2D eigenvalue weighted by Crippen LogP contribution is 2.46. The van der Waals surface area contributed by atoms with Crippen LogP contribution in [0.2, 0.25) is 0 Å². The summed E-state index contributed by atoms with van der Waals surface area (Å²) in [4.78, 5) is 54.1. The van der Waals surface area contributed by atoms with Gasteiger partial charge in [-0.3, -0.25) is 19.1 Å². The second kappa shape index (κ2) is 10.2. The second-order valence-corrected chi connectivity index (χ2v) is 13.4. The minimum absolute atomic E-state index is 0.112. The van der Waals surface area contributed by atoms with Crippen molar-refractivity contribution in [3.8, 4) is 0 Å². The molecular formula is C26H36N4O7S. The molecule has 2 aliphatic heterocycles. The number of amides is 4. The number of rotatable bonds is 5. The van der Waals surface area contributed by atoms with Crippen molar-refractivity contribution in [2.75, 3.05) is 6.54 Å². The maximum atomic E-state index is 13.6. The van der Waals surface area contributed by atoms with Gasteiger partial charge in [-0.2, -0.15) is 0 Å². The molecule has 1 saturated heterocycles. The molecule has 12 heteroatoms. The Morgan fingerprint density at radius 1 is 1.16 bits per heavy atom. The van der Waals surface area contributed by atoms with E-state index < -0.39 is 62.3 Å². The average molecular weight is 549 g/mol. The van der Waals surface area contributed by atoms with Crippen LogP contribution in [0.4, 0.5) is 4.79 Å². The van der Waals surface area contributed by atoms with E-state index in [1.807, 2.05) is 19.1 Å². The van der Waals surface area contributed by atoms with Gasteiger partial charge < -0.3 is 20.3 Å². The monoisotopic (exact) mass is 548 g/mol. The first-order valence-electron chi connectivity index (χ1n) is 13.6. The summed E-state index contributed by atoms with van der Waals surface area (Å²) in [5.74, 6) is -2.02. The van der Waals surface area contributed by atoms with Crippen molar-refractivity contribution in [3.05, 3.63) is 18.6 Å². The van der Waals surface area contributed by atoms with Crippen LogP contribution < -0.4 is 15.4 Å². The number of allylic oxidation sites excluding steroid dienone is 1. The Morgan fingerprint density at radius 2 is 1.92 bits per heavy atom. The van der Waals surface area contributed by atoms with Crippen molar-refractivity contribution >= 4 is 33.8 Å². The van der Waals surface area contributed by atoms with Crippen LogP contribution in [-0.4, -0.2) is 72.2 Å². The molecule has 4 fully saturated rings. The van der Waals surface area contributed by atoms with Gasteiger partial charge in [0.2, 0.25) is 21.8 Å². The van der Waals surface area contributed by atoms with Crippen molar-refractivity contribution in [2.45, 2.75) is 106 Å². The number of nitrogens with zero attached hydrogens (tertiary/aromatic N) is 1. The van der Waals surface area contributed by atoms with Gasteiger partial charge >= 0.3 is 6.09 Å². The van der Waals surface area contributed by atoms with Crippen LogP contribution in [-0.2, 0) is 29.1 Å². The minimum Gasteiger partial charge on any atom is -0.443 e. The number of ether oxygens (including phenoxy) is 1. The van der Waals surface area contributed by atoms with Crippen molar-refractivity contribution in [1.29, 1.82) is 0 Å². The molecule has 0 aromatic rings. The zero-order valence-corrected chi connectivity index (χ0v) is 22.5. The van der Waals surface area contributed by atoms with E-state index in [1.165, 1.54) is 4.90 Å². The fourth-order valence-electron chi connectivity index (χ4n) is 5.15. The highest BCUT2D eigenvalue weighted by Gasteiger charge is 2.62. The van der Waals surface area contributed by atoms with E-state index in [2.05, 4.69) is 21.8 Å². The molecule has 3 N–H and O–H groups in total. The third kappa shape index (κ3) is 5.84. The Bertz CT molecular complexity index is 1130.